The molecule has 1 aromatic rings. The minimum atomic E-state index is 0.711. The lowest BCUT2D eigenvalue weighted by atomic mass is 10.0. The van der Waals surface area contributed by atoms with Gasteiger partial charge in [0.05, 0.1) is 0 Å². The van der Waals surface area contributed by atoms with Crippen LogP contribution in [-0.4, -0.2) is 49.7 Å². The van der Waals surface area contributed by atoms with E-state index in [0.717, 1.165) is 12.6 Å². The lowest BCUT2D eigenvalue weighted by Gasteiger charge is -2.34. The Balaban J connectivity index is 1.36. The van der Waals surface area contributed by atoms with E-state index in [1.807, 2.05) is 0 Å². The van der Waals surface area contributed by atoms with Crippen molar-refractivity contribution >= 4 is 5.69 Å². The maximum atomic E-state index is 3.77. The molecule has 116 valence electrons. The lowest BCUT2D eigenvalue weighted by molar-refractivity contribution is 0.267. The van der Waals surface area contributed by atoms with E-state index in [1.165, 1.54) is 57.5 Å². The van der Waals surface area contributed by atoms with Gasteiger partial charge in [0.1, 0.15) is 0 Å². The van der Waals surface area contributed by atoms with Gasteiger partial charge < -0.3 is 10.2 Å². The molecule has 1 heterocycles. The molecule has 1 saturated heterocycles. The molecular weight excluding hydrogens is 258 g/mol. The van der Waals surface area contributed by atoms with Gasteiger partial charge in [0.25, 0.3) is 0 Å². The van der Waals surface area contributed by atoms with E-state index in [1.54, 1.807) is 0 Å². The summed E-state index contributed by atoms with van der Waals surface area (Å²) in [7, 11) is 0. The third kappa shape index (κ3) is 4.21. The molecule has 3 rings (SSSR count). The summed E-state index contributed by atoms with van der Waals surface area (Å²) in [5, 5.41) is 3.77. The summed E-state index contributed by atoms with van der Waals surface area (Å²) < 4.78 is 0. The van der Waals surface area contributed by atoms with Crippen molar-refractivity contribution in [3.63, 3.8) is 0 Å². The van der Waals surface area contributed by atoms with Crippen LogP contribution in [0.3, 0.4) is 0 Å². The largest absolute Gasteiger partial charge is 0.371 e. The van der Waals surface area contributed by atoms with Crippen LogP contribution in [0, 0.1) is 0 Å². The molecule has 3 heteroatoms. The van der Waals surface area contributed by atoms with Crippen LogP contribution in [0.25, 0.3) is 0 Å². The predicted molar refractivity (Wildman–Crippen MR) is 89.9 cm³/mol. The highest BCUT2D eigenvalue weighted by Gasteiger charge is 2.27. The van der Waals surface area contributed by atoms with Gasteiger partial charge in [-0.05, 0) is 44.4 Å². The zero-order chi connectivity index (χ0) is 14.5. The van der Waals surface area contributed by atoms with Crippen molar-refractivity contribution in [1.82, 2.24) is 10.2 Å². The Morgan fingerprint density at radius 1 is 1.10 bits per heavy atom. The summed E-state index contributed by atoms with van der Waals surface area (Å²) in [4.78, 5) is 5.15. The van der Waals surface area contributed by atoms with Crippen LogP contribution < -0.4 is 10.2 Å². The molecule has 2 fully saturated rings. The number of piperidine rings is 1. The van der Waals surface area contributed by atoms with Crippen LogP contribution in [-0.2, 0) is 0 Å². The monoisotopic (exact) mass is 287 g/mol. The molecule has 0 atom stereocenters. The Labute approximate surface area is 129 Å². The SMILES string of the molecule is CCN(CCNC1CCN(c2ccccc2)CC1)C1CC1. The molecule has 0 bridgehead atoms. The Hall–Kier alpha value is -1.06. The average molecular weight is 287 g/mol. The molecule has 0 amide bonds. The second kappa shape index (κ2) is 7.28. The molecule has 1 N–H and O–H groups in total. The van der Waals surface area contributed by atoms with E-state index in [0.29, 0.717) is 6.04 Å². The zero-order valence-corrected chi connectivity index (χ0v) is 13.3. The van der Waals surface area contributed by atoms with Crippen LogP contribution in [0.2, 0.25) is 0 Å². The normalized spacial score (nSPS) is 20.2. The van der Waals surface area contributed by atoms with Crippen molar-refractivity contribution in [3.05, 3.63) is 30.3 Å². The summed E-state index contributed by atoms with van der Waals surface area (Å²) in [6.45, 7) is 8.24. The molecule has 0 aromatic heterocycles. The van der Waals surface area contributed by atoms with Crippen molar-refractivity contribution in [2.75, 3.05) is 37.6 Å². The van der Waals surface area contributed by atoms with Crippen molar-refractivity contribution in [1.29, 1.82) is 0 Å². The van der Waals surface area contributed by atoms with E-state index < -0.39 is 0 Å². The Bertz CT molecular complexity index is 408. The summed E-state index contributed by atoms with van der Waals surface area (Å²) in [5.74, 6) is 0. The highest BCUT2D eigenvalue weighted by molar-refractivity contribution is 5.46. The molecular formula is C18H29N3. The fourth-order valence-corrected chi connectivity index (χ4v) is 3.43. The molecule has 3 nitrogen and oxygen atoms in total. The van der Waals surface area contributed by atoms with Gasteiger partial charge in [-0.3, -0.25) is 4.90 Å². The highest BCUT2D eigenvalue weighted by Crippen LogP contribution is 2.26. The molecule has 0 radical (unpaired) electrons. The number of benzene rings is 1. The third-order valence-corrected chi connectivity index (χ3v) is 4.92. The van der Waals surface area contributed by atoms with Crippen LogP contribution in [0.5, 0.6) is 0 Å². The summed E-state index contributed by atoms with van der Waals surface area (Å²) in [6, 6.07) is 12.4. The Kier molecular flexibility index (Phi) is 5.15. The lowest BCUT2D eigenvalue weighted by Crippen LogP contribution is -2.45. The molecule has 1 aliphatic carbocycles. The molecule has 0 spiro atoms. The second-order valence-corrected chi connectivity index (χ2v) is 6.41. The van der Waals surface area contributed by atoms with Gasteiger partial charge >= 0.3 is 0 Å². The van der Waals surface area contributed by atoms with Gasteiger partial charge in [0.15, 0.2) is 0 Å². The third-order valence-electron chi connectivity index (χ3n) is 4.92. The highest BCUT2D eigenvalue weighted by atomic mass is 15.2. The van der Waals surface area contributed by atoms with Crippen LogP contribution >= 0.6 is 0 Å². The van der Waals surface area contributed by atoms with Gasteiger partial charge in [-0.1, -0.05) is 25.1 Å². The van der Waals surface area contributed by atoms with Crippen molar-refractivity contribution in [2.45, 2.75) is 44.7 Å². The first-order valence-electron chi connectivity index (χ1n) is 8.64. The topological polar surface area (TPSA) is 18.5 Å². The molecule has 21 heavy (non-hydrogen) atoms. The van der Waals surface area contributed by atoms with Crippen molar-refractivity contribution < 1.29 is 0 Å². The second-order valence-electron chi connectivity index (χ2n) is 6.41. The summed E-state index contributed by atoms with van der Waals surface area (Å²) in [5.41, 5.74) is 1.38. The number of likely N-dealkylation sites (N-methyl/N-ethyl adjacent to an activating group) is 1. The zero-order valence-electron chi connectivity index (χ0n) is 13.3. The van der Waals surface area contributed by atoms with Crippen LogP contribution in [0.15, 0.2) is 30.3 Å². The van der Waals surface area contributed by atoms with Gasteiger partial charge in [0.2, 0.25) is 0 Å². The van der Waals surface area contributed by atoms with E-state index in [4.69, 9.17) is 0 Å². The van der Waals surface area contributed by atoms with E-state index in [9.17, 15) is 0 Å². The fraction of sp³-hybridized carbons (Fsp3) is 0.667. The average Bonchev–Trinajstić information content (AvgIpc) is 3.38. The summed E-state index contributed by atoms with van der Waals surface area (Å²) in [6.07, 6.45) is 5.38. The fourth-order valence-electron chi connectivity index (χ4n) is 3.43. The van der Waals surface area contributed by atoms with Gasteiger partial charge in [0, 0.05) is 44.0 Å². The van der Waals surface area contributed by atoms with E-state index >= 15 is 0 Å². The Morgan fingerprint density at radius 3 is 2.43 bits per heavy atom. The number of nitrogens with one attached hydrogen (secondary N) is 1. The van der Waals surface area contributed by atoms with Gasteiger partial charge in [-0.15, -0.1) is 0 Å². The summed E-state index contributed by atoms with van der Waals surface area (Å²) >= 11 is 0. The first-order valence-corrected chi connectivity index (χ1v) is 8.64. The van der Waals surface area contributed by atoms with Gasteiger partial charge in [-0.25, -0.2) is 0 Å². The van der Waals surface area contributed by atoms with Gasteiger partial charge in [-0.2, -0.15) is 0 Å². The van der Waals surface area contributed by atoms with Crippen LogP contribution in [0.4, 0.5) is 5.69 Å². The standard InChI is InChI=1S/C18H29N3/c1-2-20(18-8-9-18)15-12-19-16-10-13-21(14-11-16)17-6-4-3-5-7-17/h3-7,16,18-19H,2,8-15H2,1H3. The first-order chi connectivity index (χ1) is 10.4. The molecule has 1 saturated carbocycles. The Morgan fingerprint density at radius 2 is 1.81 bits per heavy atom. The molecule has 1 aliphatic heterocycles. The number of rotatable bonds is 7. The molecule has 2 aliphatic rings. The number of nitrogens with zero attached hydrogens (tertiary/aromatic N) is 2. The minimum absolute atomic E-state index is 0.711. The van der Waals surface area contributed by atoms with E-state index in [-0.39, 0.29) is 0 Å². The number of hydrogen-bond acceptors (Lipinski definition) is 3. The maximum absolute atomic E-state index is 3.77. The van der Waals surface area contributed by atoms with Crippen molar-refractivity contribution in [2.24, 2.45) is 0 Å². The first kappa shape index (κ1) is 14.9. The minimum Gasteiger partial charge on any atom is -0.371 e. The quantitative estimate of drug-likeness (QED) is 0.832. The maximum Gasteiger partial charge on any atom is 0.0366 e. The van der Waals surface area contributed by atoms with Crippen LogP contribution in [0.1, 0.15) is 32.6 Å². The number of anilines is 1. The number of hydrogen-bond donors (Lipinski definition) is 1. The van der Waals surface area contributed by atoms with Crippen molar-refractivity contribution in [3.8, 4) is 0 Å². The predicted octanol–water partition coefficient (Wildman–Crippen LogP) is 2.73. The molecule has 1 aromatic carbocycles. The number of para-hydroxylation sites is 1. The smallest absolute Gasteiger partial charge is 0.0366 e. The van der Waals surface area contributed by atoms with E-state index in [2.05, 4.69) is 52.4 Å². The molecule has 0 unspecified atom stereocenters.